The Labute approximate surface area is 151 Å². The SMILES string of the molecule is C[C@@H](NC(=O)C[NH2+][C@H](C)c1cc(F)c(Cl)cc1Cl)c1ccccc1. The van der Waals surface area contributed by atoms with Crippen molar-refractivity contribution in [1.82, 2.24) is 5.32 Å². The average Bonchev–Trinajstić information content (AvgIpc) is 2.56. The Morgan fingerprint density at radius 1 is 1.17 bits per heavy atom. The Morgan fingerprint density at radius 3 is 2.50 bits per heavy atom. The molecule has 0 unspecified atom stereocenters. The van der Waals surface area contributed by atoms with E-state index in [4.69, 9.17) is 23.2 Å². The molecule has 0 aliphatic carbocycles. The molecule has 2 rings (SSSR count). The van der Waals surface area contributed by atoms with E-state index in [9.17, 15) is 9.18 Å². The van der Waals surface area contributed by atoms with E-state index in [1.54, 1.807) is 0 Å². The van der Waals surface area contributed by atoms with Crippen LogP contribution in [0.5, 0.6) is 0 Å². The normalized spacial score (nSPS) is 13.4. The first-order valence-electron chi connectivity index (χ1n) is 7.70. The number of nitrogens with two attached hydrogens (primary N) is 1. The number of amides is 1. The fourth-order valence-electron chi connectivity index (χ4n) is 2.42. The minimum Gasteiger partial charge on any atom is -0.345 e. The lowest BCUT2D eigenvalue weighted by molar-refractivity contribution is -0.682. The summed E-state index contributed by atoms with van der Waals surface area (Å²) >= 11 is 11.8. The molecule has 0 bridgehead atoms. The zero-order chi connectivity index (χ0) is 17.7. The van der Waals surface area contributed by atoms with Gasteiger partial charge >= 0.3 is 0 Å². The summed E-state index contributed by atoms with van der Waals surface area (Å²) in [5, 5.41) is 5.13. The van der Waals surface area contributed by atoms with E-state index in [1.807, 2.05) is 49.5 Å². The van der Waals surface area contributed by atoms with E-state index in [1.165, 1.54) is 12.1 Å². The molecule has 0 radical (unpaired) electrons. The van der Waals surface area contributed by atoms with Gasteiger partial charge in [-0.3, -0.25) is 4.79 Å². The molecule has 2 atom stereocenters. The Morgan fingerprint density at radius 2 is 1.83 bits per heavy atom. The van der Waals surface area contributed by atoms with E-state index in [0.29, 0.717) is 10.6 Å². The van der Waals surface area contributed by atoms with Crippen LogP contribution in [0.1, 0.15) is 37.1 Å². The van der Waals surface area contributed by atoms with E-state index < -0.39 is 5.82 Å². The lowest BCUT2D eigenvalue weighted by Gasteiger charge is -2.16. The lowest BCUT2D eigenvalue weighted by atomic mass is 10.1. The summed E-state index contributed by atoms with van der Waals surface area (Å²) < 4.78 is 13.6. The van der Waals surface area contributed by atoms with E-state index >= 15 is 0 Å². The van der Waals surface area contributed by atoms with E-state index in [2.05, 4.69) is 5.32 Å². The van der Waals surface area contributed by atoms with E-state index in [0.717, 1.165) is 5.56 Å². The minimum atomic E-state index is -0.515. The summed E-state index contributed by atoms with van der Waals surface area (Å²) in [6, 6.07) is 12.2. The Balaban J connectivity index is 1.91. The number of halogens is 3. The van der Waals surface area contributed by atoms with Gasteiger partial charge in [0, 0.05) is 5.56 Å². The summed E-state index contributed by atoms with van der Waals surface area (Å²) in [5.41, 5.74) is 1.66. The fraction of sp³-hybridized carbons (Fsp3) is 0.278. The van der Waals surface area contributed by atoms with Crippen molar-refractivity contribution in [2.75, 3.05) is 6.54 Å². The van der Waals surface area contributed by atoms with Gasteiger partial charge in [0.2, 0.25) is 0 Å². The molecule has 0 fully saturated rings. The molecule has 3 nitrogen and oxygen atoms in total. The quantitative estimate of drug-likeness (QED) is 0.750. The number of carbonyl (C=O) groups is 1. The fourth-order valence-corrected chi connectivity index (χ4v) is 2.98. The molecule has 0 aliphatic rings. The highest BCUT2D eigenvalue weighted by Gasteiger charge is 2.18. The van der Waals surface area contributed by atoms with Gasteiger partial charge in [0.1, 0.15) is 11.9 Å². The van der Waals surface area contributed by atoms with Crippen molar-refractivity contribution in [3.05, 3.63) is 69.5 Å². The largest absolute Gasteiger partial charge is 0.345 e. The highest BCUT2D eigenvalue weighted by molar-refractivity contribution is 6.35. The van der Waals surface area contributed by atoms with Crippen LogP contribution < -0.4 is 10.6 Å². The molecule has 0 heterocycles. The van der Waals surface area contributed by atoms with Crippen LogP contribution in [0.25, 0.3) is 0 Å². The molecule has 6 heteroatoms. The number of carbonyl (C=O) groups excluding carboxylic acids is 1. The number of benzene rings is 2. The maximum absolute atomic E-state index is 13.6. The zero-order valence-electron chi connectivity index (χ0n) is 13.5. The maximum atomic E-state index is 13.6. The standard InChI is InChI=1S/C18H19Cl2FN2O/c1-11(13-6-4-3-5-7-13)23-18(24)10-22-12(2)14-8-17(21)16(20)9-15(14)19/h3-9,11-12,22H,10H2,1-2H3,(H,23,24)/p+1/t11-,12-/m1/s1. The van der Waals surface area contributed by atoms with Crippen molar-refractivity contribution in [2.45, 2.75) is 25.9 Å². The molecular formula is C18H20Cl2FN2O+. The molecule has 3 N–H and O–H groups in total. The summed E-state index contributed by atoms with van der Waals surface area (Å²) in [7, 11) is 0. The van der Waals surface area contributed by atoms with Gasteiger partial charge in [-0.15, -0.1) is 0 Å². The molecule has 0 saturated heterocycles. The van der Waals surface area contributed by atoms with Crippen LogP contribution in [-0.2, 0) is 4.79 Å². The summed E-state index contributed by atoms with van der Waals surface area (Å²) in [5.74, 6) is -0.609. The van der Waals surface area contributed by atoms with Crippen LogP contribution in [-0.4, -0.2) is 12.5 Å². The minimum absolute atomic E-state index is 0.00891. The first kappa shape index (κ1) is 18.7. The second-order valence-corrected chi connectivity index (χ2v) is 6.53. The van der Waals surface area contributed by atoms with E-state index in [-0.39, 0.29) is 29.6 Å². The summed E-state index contributed by atoms with van der Waals surface area (Å²) in [6.07, 6.45) is 0. The van der Waals surface area contributed by atoms with Gasteiger partial charge < -0.3 is 10.6 Å². The highest BCUT2D eigenvalue weighted by atomic mass is 35.5. The summed E-state index contributed by atoms with van der Waals surface area (Å²) in [6.45, 7) is 4.02. The van der Waals surface area contributed by atoms with Gasteiger partial charge in [0.25, 0.3) is 5.91 Å². The van der Waals surface area contributed by atoms with Crippen LogP contribution in [0.2, 0.25) is 10.0 Å². The van der Waals surface area contributed by atoms with Gasteiger partial charge in [-0.05, 0) is 31.5 Å². The number of hydrogen-bond acceptors (Lipinski definition) is 1. The molecule has 1 amide bonds. The Hall–Kier alpha value is -1.62. The zero-order valence-corrected chi connectivity index (χ0v) is 15.0. The molecule has 0 aliphatic heterocycles. The smallest absolute Gasteiger partial charge is 0.275 e. The molecule has 2 aromatic rings. The predicted molar refractivity (Wildman–Crippen MR) is 94.6 cm³/mol. The van der Waals surface area contributed by atoms with Gasteiger partial charge in [0.05, 0.1) is 16.1 Å². The van der Waals surface area contributed by atoms with Crippen LogP contribution in [0.15, 0.2) is 42.5 Å². The number of rotatable bonds is 6. The second-order valence-electron chi connectivity index (χ2n) is 5.72. The monoisotopic (exact) mass is 369 g/mol. The van der Waals surface area contributed by atoms with Crippen molar-refractivity contribution in [1.29, 1.82) is 0 Å². The maximum Gasteiger partial charge on any atom is 0.275 e. The second kappa shape index (κ2) is 8.47. The predicted octanol–water partition coefficient (Wildman–Crippen LogP) is 3.63. The van der Waals surface area contributed by atoms with Crippen LogP contribution in [0.3, 0.4) is 0 Å². The molecule has 0 spiro atoms. The van der Waals surface area contributed by atoms with Crippen molar-refractivity contribution in [3.8, 4) is 0 Å². The average molecular weight is 370 g/mol. The summed E-state index contributed by atoms with van der Waals surface area (Å²) in [4.78, 5) is 12.1. The van der Waals surface area contributed by atoms with Gasteiger partial charge in [0.15, 0.2) is 6.54 Å². The van der Waals surface area contributed by atoms with Crippen molar-refractivity contribution >= 4 is 29.1 Å². The van der Waals surface area contributed by atoms with Crippen LogP contribution in [0.4, 0.5) is 4.39 Å². The molecular weight excluding hydrogens is 350 g/mol. The molecule has 0 saturated carbocycles. The topological polar surface area (TPSA) is 45.7 Å². The number of hydrogen-bond donors (Lipinski definition) is 2. The molecule has 2 aromatic carbocycles. The highest BCUT2D eigenvalue weighted by Crippen LogP contribution is 2.27. The number of nitrogens with one attached hydrogen (secondary N) is 1. The first-order valence-corrected chi connectivity index (χ1v) is 8.46. The van der Waals surface area contributed by atoms with Crippen molar-refractivity contribution in [3.63, 3.8) is 0 Å². The number of quaternary nitrogens is 1. The van der Waals surface area contributed by atoms with Crippen LogP contribution in [0, 0.1) is 5.82 Å². The van der Waals surface area contributed by atoms with Gasteiger partial charge in [-0.1, -0.05) is 53.5 Å². The van der Waals surface area contributed by atoms with Crippen LogP contribution >= 0.6 is 23.2 Å². The molecule has 128 valence electrons. The Bertz CT molecular complexity index is 710. The third-order valence-electron chi connectivity index (χ3n) is 3.86. The van der Waals surface area contributed by atoms with Gasteiger partial charge in [-0.25, -0.2) is 4.39 Å². The Kier molecular flexibility index (Phi) is 6.60. The van der Waals surface area contributed by atoms with Crippen molar-refractivity contribution < 1.29 is 14.5 Å². The van der Waals surface area contributed by atoms with Crippen molar-refractivity contribution in [2.24, 2.45) is 0 Å². The third kappa shape index (κ3) is 4.94. The molecule has 0 aromatic heterocycles. The molecule has 24 heavy (non-hydrogen) atoms. The third-order valence-corrected chi connectivity index (χ3v) is 4.48. The van der Waals surface area contributed by atoms with Gasteiger partial charge in [-0.2, -0.15) is 0 Å². The first-order chi connectivity index (χ1) is 11.4. The lowest BCUT2D eigenvalue weighted by Crippen LogP contribution is -2.87.